The van der Waals surface area contributed by atoms with Gasteiger partial charge in [-0.25, -0.2) is 18.7 Å². The zero-order valence-corrected chi connectivity index (χ0v) is 25.4. The number of ether oxygens (including phenoxy) is 1. The van der Waals surface area contributed by atoms with Gasteiger partial charge >= 0.3 is 5.69 Å². The number of halogens is 2. The number of anilines is 2. The topological polar surface area (TPSA) is 123 Å². The first-order valence-corrected chi connectivity index (χ1v) is 14.7. The molecule has 4 aromatic rings. The number of pyridine rings is 2. The number of carbonyl (C=O) groups is 1. The van der Waals surface area contributed by atoms with Gasteiger partial charge in [0.25, 0.3) is 5.91 Å². The van der Waals surface area contributed by atoms with Gasteiger partial charge in [-0.15, -0.1) is 0 Å². The van der Waals surface area contributed by atoms with Crippen molar-refractivity contribution < 1.29 is 13.9 Å². The number of aromatic nitrogens is 4. The Labute approximate surface area is 253 Å². The van der Waals surface area contributed by atoms with Crippen molar-refractivity contribution in [1.82, 2.24) is 24.4 Å². The second-order valence-electron chi connectivity index (χ2n) is 11.6. The molecule has 1 unspecified atom stereocenters. The van der Waals surface area contributed by atoms with Gasteiger partial charge in [0, 0.05) is 37.1 Å². The van der Waals surface area contributed by atoms with Crippen LogP contribution in [0.4, 0.5) is 15.9 Å². The molecule has 2 fully saturated rings. The third kappa shape index (κ3) is 5.00. The maximum Gasteiger partial charge on any atom is 0.355 e. The fourth-order valence-corrected chi connectivity index (χ4v) is 6.13. The fraction of sp³-hybridized carbons (Fsp3) is 0.387. The van der Waals surface area contributed by atoms with Crippen molar-refractivity contribution in [1.29, 1.82) is 0 Å². The lowest BCUT2D eigenvalue weighted by molar-refractivity contribution is -0.135. The molecule has 5 heterocycles. The van der Waals surface area contributed by atoms with Crippen LogP contribution in [0.2, 0.25) is 5.02 Å². The molecule has 12 heteroatoms. The summed E-state index contributed by atoms with van der Waals surface area (Å²) in [4.78, 5) is 44.8. The summed E-state index contributed by atoms with van der Waals surface area (Å²) in [6.07, 6.45) is 1.32. The van der Waals surface area contributed by atoms with E-state index in [1.54, 1.807) is 18.3 Å². The summed E-state index contributed by atoms with van der Waals surface area (Å²) < 4.78 is 21.8. The van der Waals surface area contributed by atoms with Crippen LogP contribution in [0.15, 0.2) is 41.3 Å². The van der Waals surface area contributed by atoms with Gasteiger partial charge in [0.15, 0.2) is 11.8 Å². The minimum Gasteiger partial charge on any atom is -0.398 e. The number of piperazine rings is 1. The largest absolute Gasteiger partial charge is 0.398 e. The molecule has 2 aliphatic heterocycles. The number of hydrogen-bond acceptors (Lipinski definition) is 8. The highest BCUT2D eigenvalue weighted by Crippen LogP contribution is 2.38. The van der Waals surface area contributed by atoms with Crippen molar-refractivity contribution in [3.8, 4) is 16.9 Å². The monoisotopic (exact) mass is 605 g/mol. The summed E-state index contributed by atoms with van der Waals surface area (Å²) in [5.41, 5.74) is 8.28. The molecule has 3 atom stereocenters. The maximum absolute atomic E-state index is 15.2. The van der Waals surface area contributed by atoms with Crippen LogP contribution in [0.3, 0.4) is 0 Å². The average Bonchev–Trinajstić information content (AvgIpc) is 3.80. The minimum absolute atomic E-state index is 0.0209. The molecule has 2 aliphatic rings. The molecule has 6 rings (SSSR count). The van der Waals surface area contributed by atoms with E-state index in [-0.39, 0.29) is 57.6 Å². The highest BCUT2D eigenvalue weighted by molar-refractivity contribution is 6.34. The number of benzene rings is 1. The lowest BCUT2D eigenvalue weighted by atomic mass is 10.0. The number of carbonyl (C=O) groups excluding carboxylic acids is 1. The number of nitrogens with two attached hydrogens (primary N) is 1. The molecular weight excluding hydrogens is 573 g/mol. The Morgan fingerprint density at radius 1 is 1.16 bits per heavy atom. The second-order valence-corrected chi connectivity index (χ2v) is 12.0. The first kappa shape index (κ1) is 29.0. The summed E-state index contributed by atoms with van der Waals surface area (Å²) in [6.45, 7) is 11.1. The van der Waals surface area contributed by atoms with Crippen LogP contribution in [0.1, 0.15) is 44.9 Å². The molecule has 0 bridgehead atoms. The van der Waals surface area contributed by atoms with Gasteiger partial charge in [-0.2, -0.15) is 4.98 Å². The van der Waals surface area contributed by atoms with Crippen molar-refractivity contribution >= 4 is 40.0 Å². The molecule has 43 heavy (non-hydrogen) atoms. The number of amides is 1. The summed E-state index contributed by atoms with van der Waals surface area (Å²) in [6, 6.07) is 7.51. The number of fused-ring (bicyclic) bond motifs is 1. The Bertz CT molecular complexity index is 1800. The van der Waals surface area contributed by atoms with Crippen LogP contribution in [0.5, 0.6) is 0 Å². The molecule has 3 aromatic heterocycles. The van der Waals surface area contributed by atoms with Gasteiger partial charge in [-0.3, -0.25) is 9.78 Å². The highest BCUT2D eigenvalue weighted by atomic mass is 35.5. The van der Waals surface area contributed by atoms with E-state index in [1.165, 1.54) is 16.7 Å². The zero-order valence-electron chi connectivity index (χ0n) is 24.6. The SMILES string of the molecule is Cc1ccnc(C(C)C)c1-n1c(=O)nc(N2C[C@@H](C)N(C(=O)C3CO3)C[C@@H]2C)c2cc(Cl)c(-c3c(N)cccc3F)nc21. The normalized spacial score (nSPS) is 20.2. The Hall–Kier alpha value is -4.09. The maximum atomic E-state index is 15.2. The van der Waals surface area contributed by atoms with Crippen LogP contribution in [-0.2, 0) is 9.53 Å². The summed E-state index contributed by atoms with van der Waals surface area (Å²) in [7, 11) is 0. The van der Waals surface area contributed by atoms with E-state index >= 15 is 4.39 Å². The molecule has 2 N–H and O–H groups in total. The third-order valence-electron chi connectivity index (χ3n) is 8.16. The van der Waals surface area contributed by atoms with Gasteiger partial charge in [-0.1, -0.05) is 31.5 Å². The van der Waals surface area contributed by atoms with Crippen molar-refractivity contribution in [2.24, 2.45) is 0 Å². The predicted molar refractivity (Wildman–Crippen MR) is 164 cm³/mol. The van der Waals surface area contributed by atoms with Gasteiger partial charge in [0.1, 0.15) is 11.6 Å². The molecule has 224 valence electrons. The smallest absolute Gasteiger partial charge is 0.355 e. The Kier molecular flexibility index (Phi) is 7.34. The molecule has 1 aromatic carbocycles. The first-order chi connectivity index (χ1) is 20.5. The van der Waals surface area contributed by atoms with Crippen molar-refractivity contribution in [3.05, 3.63) is 69.1 Å². The number of nitrogen functional groups attached to an aromatic ring is 1. The minimum atomic E-state index is -0.583. The molecule has 0 radical (unpaired) electrons. The van der Waals surface area contributed by atoms with Crippen LogP contribution in [-0.4, -0.2) is 68.2 Å². The predicted octanol–water partition coefficient (Wildman–Crippen LogP) is 4.47. The number of hydrogen-bond donors (Lipinski definition) is 1. The van der Waals surface area contributed by atoms with Gasteiger partial charge in [0.2, 0.25) is 0 Å². The Balaban J connectivity index is 1.61. The molecule has 0 spiro atoms. The van der Waals surface area contributed by atoms with E-state index in [1.807, 2.05) is 50.5 Å². The van der Waals surface area contributed by atoms with Crippen molar-refractivity contribution in [3.63, 3.8) is 0 Å². The molecular formula is C31H33ClFN7O3. The molecule has 2 saturated heterocycles. The Morgan fingerprint density at radius 2 is 1.91 bits per heavy atom. The number of rotatable bonds is 5. The average molecular weight is 606 g/mol. The molecule has 10 nitrogen and oxygen atoms in total. The van der Waals surface area contributed by atoms with Crippen LogP contribution in [0, 0.1) is 12.7 Å². The van der Waals surface area contributed by atoms with Crippen LogP contribution < -0.4 is 16.3 Å². The van der Waals surface area contributed by atoms with E-state index in [2.05, 4.69) is 9.97 Å². The zero-order chi connectivity index (χ0) is 30.7. The van der Waals surface area contributed by atoms with Crippen LogP contribution >= 0.6 is 11.6 Å². The lowest BCUT2D eigenvalue weighted by Gasteiger charge is -2.44. The quantitative estimate of drug-likeness (QED) is 0.261. The van der Waals surface area contributed by atoms with Crippen molar-refractivity contribution in [2.75, 3.05) is 30.3 Å². The van der Waals surface area contributed by atoms with Gasteiger partial charge in [0.05, 0.1) is 39.7 Å². The summed E-state index contributed by atoms with van der Waals surface area (Å²) in [5, 5.41) is 0.663. The van der Waals surface area contributed by atoms with E-state index in [0.29, 0.717) is 42.3 Å². The number of epoxide rings is 1. The highest BCUT2D eigenvalue weighted by Gasteiger charge is 2.41. The summed E-state index contributed by atoms with van der Waals surface area (Å²) >= 11 is 6.82. The number of aryl methyl sites for hydroxylation is 1. The Morgan fingerprint density at radius 3 is 2.58 bits per heavy atom. The van der Waals surface area contributed by atoms with E-state index in [4.69, 9.17) is 27.1 Å². The second kappa shape index (κ2) is 10.9. The van der Waals surface area contributed by atoms with Crippen LogP contribution in [0.25, 0.3) is 28.0 Å². The first-order valence-electron chi connectivity index (χ1n) is 14.3. The van der Waals surface area contributed by atoms with E-state index in [0.717, 1.165) is 5.56 Å². The molecule has 1 amide bonds. The van der Waals surface area contributed by atoms with Crippen molar-refractivity contribution in [2.45, 2.75) is 58.7 Å². The number of nitrogens with zero attached hydrogens (tertiary/aromatic N) is 6. The lowest BCUT2D eigenvalue weighted by Crippen LogP contribution is -2.59. The molecule has 0 aliphatic carbocycles. The fourth-order valence-electron chi connectivity index (χ4n) is 5.88. The molecule has 0 saturated carbocycles. The van der Waals surface area contributed by atoms with Gasteiger partial charge < -0.3 is 20.3 Å². The van der Waals surface area contributed by atoms with E-state index < -0.39 is 11.5 Å². The summed E-state index contributed by atoms with van der Waals surface area (Å²) in [5.74, 6) is -0.245. The standard InChI is InChI=1S/C31H33ClFN7O3/c1-15(2)25-27(16(3)9-10-35-25)40-29-19(11-20(32)26(36-29)24-21(33)7-6-8-22(24)34)28(37-31(40)42)38-12-18(5)39(13-17(38)4)30(41)23-14-43-23/h6-11,15,17-18,23H,12-14,34H2,1-5H3/t17-,18+,23?/m0/s1. The van der Waals surface area contributed by atoms with Gasteiger partial charge in [-0.05, 0) is 56.5 Å². The third-order valence-corrected chi connectivity index (χ3v) is 8.45. The van der Waals surface area contributed by atoms with E-state index in [9.17, 15) is 9.59 Å².